The van der Waals surface area contributed by atoms with Crippen molar-refractivity contribution in [2.75, 3.05) is 13.7 Å². The average molecular weight is 394 g/mol. The lowest BCUT2D eigenvalue weighted by atomic mass is 10.00. The molecule has 1 heterocycles. The van der Waals surface area contributed by atoms with Crippen molar-refractivity contribution in [2.24, 2.45) is 0 Å². The lowest BCUT2D eigenvalue weighted by Crippen LogP contribution is -1.99. The normalized spacial score (nSPS) is 13.3. The van der Waals surface area contributed by atoms with E-state index in [1.54, 1.807) is 50.6 Å². The molecule has 0 unspecified atom stereocenters. The van der Waals surface area contributed by atoms with Crippen LogP contribution in [0.1, 0.15) is 16.7 Å². The Hall–Kier alpha value is -2.55. The molecule has 2 aromatic carbocycles. The molecule has 0 atom stereocenters. The van der Waals surface area contributed by atoms with Gasteiger partial charge < -0.3 is 14.7 Å². The van der Waals surface area contributed by atoms with Gasteiger partial charge in [-0.05, 0) is 43.2 Å². The highest BCUT2D eigenvalue weighted by atomic mass is 32.2. The van der Waals surface area contributed by atoms with Crippen molar-refractivity contribution in [2.45, 2.75) is 25.2 Å². The summed E-state index contributed by atoms with van der Waals surface area (Å²) in [6, 6.07) is 9.66. The second-order valence-corrected chi connectivity index (χ2v) is 7.33. The van der Waals surface area contributed by atoms with E-state index in [9.17, 15) is 13.5 Å². The Kier molecular flexibility index (Phi) is 6.84. The summed E-state index contributed by atoms with van der Waals surface area (Å²) in [5, 5.41) is 9.81. The molecule has 2 aromatic rings. The van der Waals surface area contributed by atoms with Crippen molar-refractivity contribution in [3.8, 4) is 11.5 Å². The first-order chi connectivity index (χ1) is 12.7. The Balaban J connectivity index is 0.000000208. The molecule has 27 heavy (non-hydrogen) atoms. The summed E-state index contributed by atoms with van der Waals surface area (Å²) in [6.45, 7) is 3.99. The van der Waals surface area contributed by atoms with Crippen LogP contribution in [0.15, 0.2) is 53.1 Å². The Morgan fingerprint density at radius 1 is 1.15 bits per heavy atom. The van der Waals surface area contributed by atoms with E-state index in [0.717, 1.165) is 22.4 Å². The maximum absolute atomic E-state index is 10.6. The topological polar surface area (TPSA) is 102 Å². The summed E-state index contributed by atoms with van der Waals surface area (Å²) in [5.41, 5.74) is 3.33. The molecular formula is C19H22O7S. The smallest absolute Gasteiger partial charge is 0.294 e. The molecule has 0 aromatic heterocycles. The number of rotatable bonds is 4. The van der Waals surface area contributed by atoms with Crippen LogP contribution in [0.5, 0.6) is 11.5 Å². The zero-order valence-corrected chi connectivity index (χ0v) is 16.1. The van der Waals surface area contributed by atoms with Gasteiger partial charge in [0.15, 0.2) is 0 Å². The van der Waals surface area contributed by atoms with E-state index in [1.165, 1.54) is 6.07 Å². The molecule has 0 saturated heterocycles. The van der Waals surface area contributed by atoms with Gasteiger partial charge in [0.2, 0.25) is 0 Å². The molecule has 1 aliphatic heterocycles. The second-order valence-electron chi connectivity index (χ2n) is 5.94. The first-order valence-electron chi connectivity index (χ1n) is 8.08. The van der Waals surface area contributed by atoms with Crippen LogP contribution in [0.25, 0.3) is 0 Å². The maximum atomic E-state index is 10.6. The Bertz CT molecular complexity index is 933. The Morgan fingerprint density at radius 2 is 1.85 bits per heavy atom. The van der Waals surface area contributed by atoms with Gasteiger partial charge in [0.05, 0.1) is 12.0 Å². The SMILES string of the molecule is COc1ccc(O)c(CC2=COOC2)c1C.Cc1ccccc1S(=O)(=O)O. The molecule has 0 saturated carbocycles. The molecule has 0 spiro atoms. The van der Waals surface area contributed by atoms with Gasteiger partial charge in [0.1, 0.15) is 24.4 Å². The number of phenols is 1. The molecular weight excluding hydrogens is 372 g/mol. The van der Waals surface area contributed by atoms with Crippen LogP contribution in [0.2, 0.25) is 0 Å². The fourth-order valence-corrected chi connectivity index (χ4v) is 3.30. The van der Waals surface area contributed by atoms with Crippen LogP contribution < -0.4 is 4.74 Å². The number of phenolic OH excluding ortho intramolecular Hbond substituents is 1. The third kappa shape index (κ3) is 5.46. The second kappa shape index (κ2) is 8.90. The van der Waals surface area contributed by atoms with Crippen molar-refractivity contribution < 1.29 is 32.6 Å². The van der Waals surface area contributed by atoms with Gasteiger partial charge in [-0.2, -0.15) is 13.3 Å². The van der Waals surface area contributed by atoms with Crippen LogP contribution in [0.4, 0.5) is 0 Å². The molecule has 146 valence electrons. The van der Waals surface area contributed by atoms with E-state index in [-0.39, 0.29) is 10.6 Å². The zero-order chi connectivity index (χ0) is 20.0. The van der Waals surface area contributed by atoms with Gasteiger partial charge in [0.25, 0.3) is 10.1 Å². The Labute approximate surface area is 158 Å². The fourth-order valence-electron chi connectivity index (χ4n) is 2.58. The highest BCUT2D eigenvalue weighted by Crippen LogP contribution is 2.31. The number of benzene rings is 2. The fraction of sp³-hybridized carbons (Fsp3) is 0.263. The van der Waals surface area contributed by atoms with Crippen molar-refractivity contribution in [3.63, 3.8) is 0 Å². The molecule has 0 aliphatic carbocycles. The lowest BCUT2D eigenvalue weighted by Gasteiger charge is -2.11. The van der Waals surface area contributed by atoms with E-state index in [1.807, 2.05) is 6.92 Å². The van der Waals surface area contributed by atoms with Gasteiger partial charge in [-0.25, -0.2) is 0 Å². The van der Waals surface area contributed by atoms with Crippen LogP contribution >= 0.6 is 0 Å². The summed E-state index contributed by atoms with van der Waals surface area (Å²) in [4.78, 5) is 9.42. The lowest BCUT2D eigenvalue weighted by molar-refractivity contribution is -0.221. The summed E-state index contributed by atoms with van der Waals surface area (Å²) in [6.07, 6.45) is 2.17. The minimum Gasteiger partial charge on any atom is -0.508 e. The largest absolute Gasteiger partial charge is 0.508 e. The highest BCUT2D eigenvalue weighted by Gasteiger charge is 2.15. The molecule has 3 rings (SSSR count). The third-order valence-electron chi connectivity index (χ3n) is 4.05. The molecule has 2 N–H and O–H groups in total. The predicted molar refractivity (Wildman–Crippen MR) is 99.2 cm³/mol. The number of aryl methyl sites for hydroxylation is 1. The van der Waals surface area contributed by atoms with Crippen molar-refractivity contribution in [3.05, 3.63) is 64.9 Å². The predicted octanol–water partition coefficient (Wildman–Crippen LogP) is 3.34. The van der Waals surface area contributed by atoms with Crippen LogP contribution in [-0.4, -0.2) is 31.8 Å². The number of methoxy groups -OCH3 is 1. The standard InChI is InChI=1S/C12H14O4.C7H8O3S/c1-8-10(5-9-6-15-16-7-9)11(13)3-4-12(8)14-2;1-6-4-2-3-5-7(6)11(8,9)10/h3-4,6,13H,5,7H2,1-2H3;2-5H,1H3,(H,8,9,10). The van der Waals surface area contributed by atoms with Crippen LogP contribution in [0.3, 0.4) is 0 Å². The summed E-state index contributed by atoms with van der Waals surface area (Å²) in [7, 11) is -2.42. The van der Waals surface area contributed by atoms with E-state index < -0.39 is 10.1 Å². The Morgan fingerprint density at radius 3 is 2.37 bits per heavy atom. The van der Waals surface area contributed by atoms with Crippen LogP contribution in [0, 0.1) is 13.8 Å². The summed E-state index contributed by atoms with van der Waals surface area (Å²) in [5.74, 6) is 1.04. The molecule has 0 radical (unpaired) electrons. The molecule has 0 amide bonds. The number of hydrogen-bond donors (Lipinski definition) is 2. The quantitative estimate of drug-likeness (QED) is 0.606. The highest BCUT2D eigenvalue weighted by molar-refractivity contribution is 7.85. The maximum Gasteiger partial charge on any atom is 0.294 e. The molecule has 8 heteroatoms. The zero-order valence-electron chi connectivity index (χ0n) is 15.3. The number of ether oxygens (including phenoxy) is 1. The summed E-state index contributed by atoms with van der Waals surface area (Å²) >= 11 is 0. The van der Waals surface area contributed by atoms with Crippen molar-refractivity contribution in [1.82, 2.24) is 0 Å². The van der Waals surface area contributed by atoms with Crippen LogP contribution in [-0.2, 0) is 26.3 Å². The molecule has 0 fully saturated rings. The summed E-state index contributed by atoms with van der Waals surface area (Å²) < 4.78 is 35.1. The van der Waals surface area contributed by atoms with E-state index in [2.05, 4.69) is 0 Å². The number of aromatic hydroxyl groups is 1. The molecule has 1 aliphatic rings. The average Bonchev–Trinajstić information content (AvgIpc) is 3.12. The minimum atomic E-state index is -4.03. The minimum absolute atomic E-state index is 0.0278. The van der Waals surface area contributed by atoms with Gasteiger partial charge in [-0.3, -0.25) is 4.55 Å². The van der Waals surface area contributed by atoms with Crippen molar-refractivity contribution >= 4 is 10.1 Å². The molecule has 7 nitrogen and oxygen atoms in total. The first kappa shape index (κ1) is 20.8. The van der Waals surface area contributed by atoms with Gasteiger partial charge >= 0.3 is 0 Å². The monoisotopic (exact) mass is 394 g/mol. The van der Waals surface area contributed by atoms with Crippen molar-refractivity contribution in [1.29, 1.82) is 0 Å². The van der Waals surface area contributed by atoms with Gasteiger partial charge in [-0.1, -0.05) is 18.2 Å². The van der Waals surface area contributed by atoms with E-state index >= 15 is 0 Å². The van der Waals surface area contributed by atoms with Gasteiger partial charge in [0, 0.05) is 17.6 Å². The van der Waals surface area contributed by atoms with Gasteiger partial charge in [-0.15, -0.1) is 0 Å². The van der Waals surface area contributed by atoms with E-state index in [0.29, 0.717) is 18.6 Å². The van der Waals surface area contributed by atoms with E-state index in [4.69, 9.17) is 19.1 Å². The number of hydrogen-bond acceptors (Lipinski definition) is 6. The third-order valence-corrected chi connectivity index (χ3v) is 5.06. The molecule has 0 bridgehead atoms. The first-order valence-corrected chi connectivity index (χ1v) is 9.52.